The van der Waals surface area contributed by atoms with Gasteiger partial charge < -0.3 is 10.1 Å². The fourth-order valence-electron chi connectivity index (χ4n) is 3.17. The van der Waals surface area contributed by atoms with Crippen LogP contribution in [-0.4, -0.2) is 24.7 Å². The Hall–Kier alpha value is -0.670. The lowest BCUT2D eigenvalue weighted by molar-refractivity contribution is 0.347. The lowest BCUT2D eigenvalue weighted by Crippen LogP contribution is -2.41. The summed E-state index contributed by atoms with van der Waals surface area (Å²) in [4.78, 5) is 0. The van der Waals surface area contributed by atoms with Crippen molar-refractivity contribution in [2.24, 2.45) is 0 Å². The maximum atomic E-state index is 5.52. The molecule has 0 amide bonds. The second-order valence-electron chi connectivity index (χ2n) is 5.80. The minimum Gasteiger partial charge on any atom is -0.496 e. The maximum absolute atomic E-state index is 5.52. The Morgan fingerprint density at radius 2 is 2.05 bits per heavy atom. The monoisotopic (exact) mass is 293 g/mol. The van der Waals surface area contributed by atoms with E-state index in [9.17, 15) is 0 Å². The van der Waals surface area contributed by atoms with E-state index in [1.807, 2.05) is 11.8 Å². The fourth-order valence-corrected chi connectivity index (χ4v) is 4.12. The predicted molar refractivity (Wildman–Crippen MR) is 88.8 cm³/mol. The molecule has 0 saturated heterocycles. The molecule has 0 bridgehead atoms. The number of nitrogens with one attached hydrogen (secondary N) is 1. The quantitative estimate of drug-likeness (QED) is 0.873. The van der Waals surface area contributed by atoms with Gasteiger partial charge in [-0.15, -0.1) is 0 Å². The first-order valence-corrected chi connectivity index (χ1v) is 8.88. The van der Waals surface area contributed by atoms with Gasteiger partial charge in [0, 0.05) is 22.9 Å². The molecule has 0 spiro atoms. The van der Waals surface area contributed by atoms with Crippen molar-refractivity contribution in [2.45, 2.75) is 56.9 Å². The topological polar surface area (TPSA) is 21.3 Å². The van der Waals surface area contributed by atoms with Gasteiger partial charge in [0.15, 0.2) is 0 Å². The molecule has 0 heterocycles. The Bertz CT molecular complexity index is 435. The van der Waals surface area contributed by atoms with Crippen LogP contribution in [0.3, 0.4) is 0 Å². The molecule has 3 unspecified atom stereocenters. The van der Waals surface area contributed by atoms with Gasteiger partial charge in [-0.1, -0.05) is 30.5 Å². The Morgan fingerprint density at radius 1 is 1.30 bits per heavy atom. The molecule has 0 radical (unpaired) electrons. The molecule has 1 aromatic rings. The summed E-state index contributed by atoms with van der Waals surface area (Å²) >= 11 is 2.01. The Kier molecular flexibility index (Phi) is 5.79. The van der Waals surface area contributed by atoms with Crippen LogP contribution in [0, 0.1) is 6.92 Å². The zero-order valence-electron chi connectivity index (χ0n) is 13.1. The third kappa shape index (κ3) is 3.70. The average molecular weight is 293 g/mol. The summed E-state index contributed by atoms with van der Waals surface area (Å²) in [6.07, 6.45) is 7.61. The first-order chi connectivity index (χ1) is 9.65. The standard InChI is InChI=1S/C17H27NOS/c1-12-9-10-16(19-3)14(11-12)13(2)18-15-7-5-6-8-17(15)20-4/h9-11,13,15,17-18H,5-8H2,1-4H3. The van der Waals surface area contributed by atoms with E-state index in [2.05, 4.69) is 43.6 Å². The first kappa shape index (κ1) is 15.7. The number of aryl methyl sites for hydroxylation is 1. The molecular weight excluding hydrogens is 266 g/mol. The van der Waals surface area contributed by atoms with E-state index in [0.717, 1.165) is 11.0 Å². The van der Waals surface area contributed by atoms with Crippen molar-refractivity contribution in [2.75, 3.05) is 13.4 Å². The van der Waals surface area contributed by atoms with Crippen molar-refractivity contribution in [3.63, 3.8) is 0 Å². The van der Waals surface area contributed by atoms with Crippen LogP contribution in [0.25, 0.3) is 0 Å². The van der Waals surface area contributed by atoms with Crippen LogP contribution in [0.5, 0.6) is 5.75 Å². The van der Waals surface area contributed by atoms with E-state index in [1.165, 1.54) is 36.8 Å². The summed E-state index contributed by atoms with van der Waals surface area (Å²) < 4.78 is 5.52. The number of hydrogen-bond donors (Lipinski definition) is 1. The Balaban J connectivity index is 2.10. The Morgan fingerprint density at radius 3 is 2.75 bits per heavy atom. The second-order valence-corrected chi connectivity index (χ2v) is 6.88. The molecule has 0 aliphatic heterocycles. The molecule has 1 saturated carbocycles. The van der Waals surface area contributed by atoms with Gasteiger partial charge in [0.05, 0.1) is 7.11 Å². The van der Waals surface area contributed by atoms with E-state index in [1.54, 1.807) is 7.11 Å². The molecule has 1 fully saturated rings. The fraction of sp³-hybridized carbons (Fsp3) is 0.647. The SMILES string of the molecule is COc1ccc(C)cc1C(C)NC1CCCCC1SC. The third-order valence-electron chi connectivity index (χ3n) is 4.32. The molecule has 0 aromatic heterocycles. The van der Waals surface area contributed by atoms with E-state index >= 15 is 0 Å². The first-order valence-electron chi connectivity index (χ1n) is 7.59. The van der Waals surface area contributed by atoms with Gasteiger partial charge >= 0.3 is 0 Å². The van der Waals surface area contributed by atoms with Crippen LogP contribution in [-0.2, 0) is 0 Å². The highest BCUT2D eigenvalue weighted by Crippen LogP contribution is 2.31. The van der Waals surface area contributed by atoms with Crippen molar-refractivity contribution < 1.29 is 4.74 Å². The highest BCUT2D eigenvalue weighted by atomic mass is 32.2. The maximum Gasteiger partial charge on any atom is 0.123 e. The Labute approximate surface area is 127 Å². The number of rotatable bonds is 5. The third-order valence-corrected chi connectivity index (χ3v) is 5.49. The van der Waals surface area contributed by atoms with Crippen LogP contribution in [0.4, 0.5) is 0 Å². The van der Waals surface area contributed by atoms with Crippen LogP contribution in [0.1, 0.15) is 49.8 Å². The molecule has 1 aliphatic rings. The van der Waals surface area contributed by atoms with Crippen molar-refractivity contribution in [1.29, 1.82) is 0 Å². The molecule has 1 N–H and O–H groups in total. The summed E-state index contributed by atoms with van der Waals surface area (Å²) in [7, 11) is 1.76. The van der Waals surface area contributed by atoms with Gasteiger partial charge in [0.25, 0.3) is 0 Å². The molecule has 2 rings (SSSR count). The minimum absolute atomic E-state index is 0.336. The molecule has 1 aliphatic carbocycles. The number of ether oxygens (including phenoxy) is 1. The van der Waals surface area contributed by atoms with Crippen molar-refractivity contribution >= 4 is 11.8 Å². The normalized spacial score (nSPS) is 24.4. The zero-order valence-corrected chi connectivity index (χ0v) is 13.9. The zero-order chi connectivity index (χ0) is 14.5. The van der Waals surface area contributed by atoms with E-state index < -0.39 is 0 Å². The molecule has 2 nitrogen and oxygen atoms in total. The highest BCUT2D eigenvalue weighted by molar-refractivity contribution is 7.99. The van der Waals surface area contributed by atoms with Gasteiger partial charge in [-0.3, -0.25) is 0 Å². The van der Waals surface area contributed by atoms with Crippen LogP contribution >= 0.6 is 11.8 Å². The number of thioether (sulfide) groups is 1. The van der Waals surface area contributed by atoms with Crippen LogP contribution in [0.15, 0.2) is 18.2 Å². The molecule has 1 aromatic carbocycles. The summed E-state index contributed by atoms with van der Waals surface area (Å²) in [5.41, 5.74) is 2.57. The highest BCUT2D eigenvalue weighted by Gasteiger charge is 2.26. The molecule has 3 atom stereocenters. The molecule has 3 heteroatoms. The predicted octanol–water partition coefficient (Wildman–Crippen LogP) is 4.33. The van der Waals surface area contributed by atoms with E-state index in [-0.39, 0.29) is 0 Å². The lowest BCUT2D eigenvalue weighted by atomic mass is 9.93. The van der Waals surface area contributed by atoms with Crippen LogP contribution in [0.2, 0.25) is 0 Å². The van der Waals surface area contributed by atoms with Crippen molar-refractivity contribution in [1.82, 2.24) is 5.32 Å². The summed E-state index contributed by atoms with van der Waals surface area (Å²) in [5.74, 6) is 0.993. The summed E-state index contributed by atoms with van der Waals surface area (Å²) in [5, 5.41) is 4.59. The largest absolute Gasteiger partial charge is 0.496 e. The van der Waals surface area contributed by atoms with Gasteiger partial charge in [-0.2, -0.15) is 11.8 Å². The van der Waals surface area contributed by atoms with Gasteiger partial charge in [-0.05, 0) is 39.0 Å². The number of methoxy groups -OCH3 is 1. The molecule has 112 valence electrons. The van der Waals surface area contributed by atoms with Crippen molar-refractivity contribution in [3.05, 3.63) is 29.3 Å². The van der Waals surface area contributed by atoms with Gasteiger partial charge in [0.1, 0.15) is 5.75 Å². The van der Waals surface area contributed by atoms with Gasteiger partial charge in [0.2, 0.25) is 0 Å². The van der Waals surface area contributed by atoms with Crippen molar-refractivity contribution in [3.8, 4) is 5.75 Å². The van der Waals surface area contributed by atoms with E-state index in [0.29, 0.717) is 12.1 Å². The number of hydrogen-bond acceptors (Lipinski definition) is 3. The smallest absolute Gasteiger partial charge is 0.123 e. The second kappa shape index (κ2) is 7.37. The minimum atomic E-state index is 0.336. The summed E-state index contributed by atoms with van der Waals surface area (Å²) in [6, 6.07) is 7.39. The summed E-state index contributed by atoms with van der Waals surface area (Å²) in [6.45, 7) is 4.39. The van der Waals surface area contributed by atoms with E-state index in [4.69, 9.17) is 4.74 Å². The molecule has 20 heavy (non-hydrogen) atoms. The molecular formula is C17H27NOS. The lowest BCUT2D eigenvalue weighted by Gasteiger charge is -2.34. The van der Waals surface area contributed by atoms with Gasteiger partial charge in [-0.25, -0.2) is 0 Å². The average Bonchev–Trinajstić information content (AvgIpc) is 2.47. The van der Waals surface area contributed by atoms with Crippen LogP contribution < -0.4 is 10.1 Å². The number of benzene rings is 1.